The number of para-hydroxylation sites is 1. The van der Waals surface area contributed by atoms with Crippen LogP contribution in [0.3, 0.4) is 0 Å². The van der Waals surface area contributed by atoms with Gasteiger partial charge in [-0.15, -0.1) is 0 Å². The van der Waals surface area contributed by atoms with Gasteiger partial charge in [-0.3, -0.25) is 9.78 Å². The van der Waals surface area contributed by atoms with Gasteiger partial charge in [-0.25, -0.2) is 4.39 Å². The van der Waals surface area contributed by atoms with Gasteiger partial charge >= 0.3 is 0 Å². The molecule has 2 N–H and O–H groups in total. The number of benzene rings is 2. The minimum atomic E-state index is -0.264. The highest BCUT2D eigenvalue weighted by atomic mass is 19.1. The second kappa shape index (κ2) is 8.45. The molecule has 2 aromatic carbocycles. The monoisotopic (exact) mass is 363 g/mol. The van der Waals surface area contributed by atoms with E-state index in [1.54, 1.807) is 24.4 Å². The van der Waals surface area contributed by atoms with Gasteiger partial charge in [-0.2, -0.15) is 0 Å². The van der Waals surface area contributed by atoms with Gasteiger partial charge in [0, 0.05) is 24.1 Å². The number of hydrogen-bond acceptors (Lipinski definition) is 3. The van der Waals surface area contributed by atoms with Crippen LogP contribution in [0.5, 0.6) is 0 Å². The van der Waals surface area contributed by atoms with Gasteiger partial charge in [0.2, 0.25) is 0 Å². The van der Waals surface area contributed by atoms with Crippen LogP contribution in [0, 0.1) is 19.7 Å². The molecule has 0 spiro atoms. The smallest absolute Gasteiger partial charge is 0.269 e. The number of anilines is 2. The maximum absolute atomic E-state index is 12.9. The zero-order chi connectivity index (χ0) is 19.2. The predicted molar refractivity (Wildman–Crippen MR) is 106 cm³/mol. The van der Waals surface area contributed by atoms with E-state index in [1.165, 1.54) is 12.1 Å². The van der Waals surface area contributed by atoms with E-state index in [4.69, 9.17) is 0 Å². The van der Waals surface area contributed by atoms with E-state index < -0.39 is 0 Å². The number of hydrogen-bond donors (Lipinski definition) is 2. The maximum atomic E-state index is 12.9. The summed E-state index contributed by atoms with van der Waals surface area (Å²) in [5.41, 5.74) is 5.44. The van der Waals surface area contributed by atoms with Crippen molar-refractivity contribution in [1.82, 2.24) is 10.3 Å². The first kappa shape index (κ1) is 18.6. The van der Waals surface area contributed by atoms with Crippen LogP contribution in [0.2, 0.25) is 0 Å². The van der Waals surface area contributed by atoms with Crippen LogP contribution in [-0.2, 0) is 6.42 Å². The van der Waals surface area contributed by atoms with E-state index in [2.05, 4.69) is 15.6 Å². The number of amides is 1. The Bertz CT molecular complexity index is 918. The highest BCUT2D eigenvalue weighted by molar-refractivity contribution is 5.93. The Hall–Kier alpha value is -3.21. The molecule has 0 saturated heterocycles. The Balaban J connectivity index is 1.62. The van der Waals surface area contributed by atoms with Crippen LogP contribution in [0.15, 0.2) is 60.8 Å². The third kappa shape index (κ3) is 4.91. The summed E-state index contributed by atoms with van der Waals surface area (Å²) in [5.74, 6) is -0.498. The molecule has 1 amide bonds. The summed E-state index contributed by atoms with van der Waals surface area (Å²) in [4.78, 5) is 16.5. The molecule has 0 unspecified atom stereocenters. The zero-order valence-corrected chi connectivity index (χ0v) is 15.4. The number of nitrogens with one attached hydrogen (secondary N) is 2. The number of nitrogens with zero attached hydrogens (tertiary/aromatic N) is 1. The maximum Gasteiger partial charge on any atom is 0.269 e. The van der Waals surface area contributed by atoms with E-state index in [0.29, 0.717) is 18.7 Å². The van der Waals surface area contributed by atoms with Crippen LogP contribution < -0.4 is 10.6 Å². The minimum Gasteiger partial charge on any atom is -0.355 e. The molecule has 0 saturated carbocycles. The highest BCUT2D eigenvalue weighted by Gasteiger charge is 2.09. The van der Waals surface area contributed by atoms with Crippen molar-refractivity contribution in [2.75, 3.05) is 11.9 Å². The van der Waals surface area contributed by atoms with E-state index >= 15 is 0 Å². The molecule has 138 valence electrons. The van der Waals surface area contributed by atoms with Gasteiger partial charge < -0.3 is 10.6 Å². The Morgan fingerprint density at radius 2 is 1.74 bits per heavy atom. The molecule has 0 aliphatic carbocycles. The first-order valence-corrected chi connectivity index (χ1v) is 8.85. The molecule has 1 heterocycles. The fourth-order valence-electron chi connectivity index (χ4n) is 2.85. The predicted octanol–water partition coefficient (Wildman–Crippen LogP) is 4.55. The second-order valence-electron chi connectivity index (χ2n) is 6.45. The minimum absolute atomic E-state index is 0.234. The van der Waals surface area contributed by atoms with Gasteiger partial charge in [0.25, 0.3) is 5.91 Å². The summed E-state index contributed by atoms with van der Waals surface area (Å²) in [6.45, 7) is 4.54. The number of halogens is 1. The third-order valence-corrected chi connectivity index (χ3v) is 4.36. The summed E-state index contributed by atoms with van der Waals surface area (Å²) in [6.07, 6.45) is 2.25. The van der Waals surface area contributed by atoms with Crippen molar-refractivity contribution in [2.45, 2.75) is 20.3 Å². The van der Waals surface area contributed by atoms with Crippen molar-refractivity contribution in [3.05, 3.63) is 89.0 Å². The van der Waals surface area contributed by atoms with Crippen LogP contribution in [-0.4, -0.2) is 17.4 Å². The van der Waals surface area contributed by atoms with Crippen LogP contribution in [0.4, 0.5) is 15.8 Å². The molecular weight excluding hydrogens is 341 g/mol. The average Bonchev–Trinajstić information content (AvgIpc) is 2.66. The number of pyridine rings is 1. The molecule has 0 radical (unpaired) electrons. The molecule has 5 heteroatoms. The van der Waals surface area contributed by atoms with Gasteiger partial charge in [0.15, 0.2) is 0 Å². The van der Waals surface area contributed by atoms with Crippen molar-refractivity contribution in [1.29, 1.82) is 0 Å². The molecule has 1 aromatic heterocycles. The Labute approximate surface area is 158 Å². The number of carbonyl (C=O) groups is 1. The lowest BCUT2D eigenvalue weighted by Crippen LogP contribution is -2.26. The lowest BCUT2D eigenvalue weighted by molar-refractivity contribution is 0.0949. The van der Waals surface area contributed by atoms with Crippen molar-refractivity contribution in [2.24, 2.45) is 0 Å². The van der Waals surface area contributed by atoms with Crippen molar-refractivity contribution >= 4 is 17.3 Å². The molecular formula is C22H22FN3O. The van der Waals surface area contributed by atoms with Crippen LogP contribution in [0.1, 0.15) is 27.2 Å². The van der Waals surface area contributed by atoms with E-state index in [9.17, 15) is 9.18 Å². The molecule has 0 atom stereocenters. The van der Waals surface area contributed by atoms with Gasteiger partial charge in [0.1, 0.15) is 11.5 Å². The Morgan fingerprint density at radius 1 is 1.04 bits per heavy atom. The Kier molecular flexibility index (Phi) is 5.81. The molecule has 3 aromatic rings. The molecule has 27 heavy (non-hydrogen) atoms. The Morgan fingerprint density at radius 3 is 2.44 bits per heavy atom. The number of aryl methyl sites for hydroxylation is 2. The normalized spacial score (nSPS) is 10.5. The zero-order valence-electron chi connectivity index (χ0n) is 15.4. The first-order chi connectivity index (χ1) is 13.0. The van der Waals surface area contributed by atoms with Crippen molar-refractivity contribution in [3.8, 4) is 0 Å². The number of carbonyl (C=O) groups excluding carboxylic acids is 1. The lowest BCUT2D eigenvalue weighted by atomic mass is 10.1. The van der Waals surface area contributed by atoms with Crippen molar-refractivity contribution < 1.29 is 9.18 Å². The largest absolute Gasteiger partial charge is 0.355 e. The average molecular weight is 363 g/mol. The number of rotatable bonds is 6. The molecule has 0 aliphatic heterocycles. The fourth-order valence-corrected chi connectivity index (χ4v) is 2.85. The molecule has 0 bridgehead atoms. The molecule has 3 rings (SSSR count). The van der Waals surface area contributed by atoms with E-state index in [0.717, 1.165) is 28.1 Å². The standard InChI is InChI=1S/C22H22FN3O/c1-15-4-3-5-16(2)21(15)26-19-11-13-24-20(14-19)22(27)25-12-10-17-6-8-18(23)9-7-17/h3-9,11,13-14H,10,12H2,1-2H3,(H,24,26)(H,25,27). The van der Waals surface area contributed by atoms with E-state index in [1.807, 2.05) is 38.1 Å². The lowest BCUT2D eigenvalue weighted by Gasteiger charge is -2.13. The van der Waals surface area contributed by atoms with Crippen molar-refractivity contribution in [3.63, 3.8) is 0 Å². The fraction of sp³-hybridized carbons (Fsp3) is 0.182. The molecule has 0 aliphatic rings. The SMILES string of the molecule is Cc1cccc(C)c1Nc1ccnc(C(=O)NCCc2ccc(F)cc2)c1. The van der Waals surface area contributed by atoms with Gasteiger partial charge in [-0.05, 0) is 61.2 Å². The summed E-state index contributed by atoms with van der Waals surface area (Å²) in [6, 6.07) is 15.9. The quantitative estimate of drug-likeness (QED) is 0.675. The number of aromatic nitrogens is 1. The summed E-state index contributed by atoms with van der Waals surface area (Å²) < 4.78 is 12.9. The van der Waals surface area contributed by atoms with E-state index in [-0.39, 0.29) is 11.7 Å². The van der Waals surface area contributed by atoms with Gasteiger partial charge in [0.05, 0.1) is 0 Å². The molecule has 0 fully saturated rings. The highest BCUT2D eigenvalue weighted by Crippen LogP contribution is 2.24. The topological polar surface area (TPSA) is 54.0 Å². The van der Waals surface area contributed by atoms with Crippen LogP contribution in [0.25, 0.3) is 0 Å². The first-order valence-electron chi connectivity index (χ1n) is 8.85. The van der Waals surface area contributed by atoms with Gasteiger partial charge in [-0.1, -0.05) is 30.3 Å². The summed E-state index contributed by atoms with van der Waals surface area (Å²) in [7, 11) is 0. The summed E-state index contributed by atoms with van der Waals surface area (Å²) >= 11 is 0. The summed E-state index contributed by atoms with van der Waals surface area (Å²) in [5, 5.41) is 6.22. The molecule has 4 nitrogen and oxygen atoms in total. The van der Waals surface area contributed by atoms with Crippen LogP contribution >= 0.6 is 0 Å². The second-order valence-corrected chi connectivity index (χ2v) is 6.45. The third-order valence-electron chi connectivity index (χ3n) is 4.36.